The first kappa shape index (κ1) is 11.3. The van der Waals surface area contributed by atoms with Crippen LogP contribution in [0.3, 0.4) is 0 Å². The van der Waals surface area contributed by atoms with E-state index >= 15 is 0 Å². The molecule has 5 nitrogen and oxygen atoms in total. The van der Waals surface area contributed by atoms with Gasteiger partial charge in [-0.25, -0.2) is 4.79 Å². The highest BCUT2D eigenvalue weighted by Gasteiger charge is 2.40. The average molecular weight is 250 g/mol. The Kier molecular flexibility index (Phi) is 2.63. The minimum Gasteiger partial charge on any atom is -0.493 e. The van der Waals surface area contributed by atoms with Crippen LogP contribution < -0.4 is 9.47 Å². The SMILES string of the molecule is COc1cc2c(cc1OC)[C@@H]1OCC[C@@H]1OC2=O. The standard InChI is InChI=1S/C13H14O5/c1-15-10-5-7-8(6-11(10)16-2)13(14)18-9-3-4-17-12(7)9/h5-6,9,12H,3-4H2,1-2H3/t9-,12-/m0/s1. The van der Waals surface area contributed by atoms with Gasteiger partial charge in [-0.15, -0.1) is 0 Å². The molecule has 0 aromatic heterocycles. The lowest BCUT2D eigenvalue weighted by atomic mass is 9.95. The van der Waals surface area contributed by atoms with E-state index in [-0.39, 0.29) is 18.2 Å². The molecule has 96 valence electrons. The second-order valence-electron chi connectivity index (χ2n) is 4.32. The third-order valence-electron chi connectivity index (χ3n) is 3.38. The molecule has 2 aliphatic rings. The van der Waals surface area contributed by atoms with Crippen molar-refractivity contribution in [2.45, 2.75) is 18.6 Å². The van der Waals surface area contributed by atoms with Gasteiger partial charge in [0, 0.05) is 12.0 Å². The summed E-state index contributed by atoms with van der Waals surface area (Å²) in [5.74, 6) is 0.794. The maximum atomic E-state index is 11.9. The summed E-state index contributed by atoms with van der Waals surface area (Å²) in [7, 11) is 3.10. The highest BCUT2D eigenvalue weighted by molar-refractivity contribution is 5.93. The lowest BCUT2D eigenvalue weighted by Crippen LogP contribution is -2.29. The van der Waals surface area contributed by atoms with Crippen LogP contribution >= 0.6 is 0 Å². The van der Waals surface area contributed by atoms with E-state index in [9.17, 15) is 4.79 Å². The lowest BCUT2D eigenvalue weighted by molar-refractivity contribution is -0.00982. The quantitative estimate of drug-likeness (QED) is 0.748. The predicted molar refractivity (Wildman–Crippen MR) is 62.1 cm³/mol. The number of hydrogen-bond acceptors (Lipinski definition) is 5. The Balaban J connectivity index is 2.13. The van der Waals surface area contributed by atoms with E-state index in [0.717, 1.165) is 12.0 Å². The zero-order chi connectivity index (χ0) is 12.7. The van der Waals surface area contributed by atoms with E-state index < -0.39 is 0 Å². The molecule has 1 saturated heterocycles. The maximum absolute atomic E-state index is 11.9. The third-order valence-corrected chi connectivity index (χ3v) is 3.38. The van der Waals surface area contributed by atoms with Gasteiger partial charge in [-0.2, -0.15) is 0 Å². The molecule has 18 heavy (non-hydrogen) atoms. The van der Waals surface area contributed by atoms with Crippen LogP contribution in [0.25, 0.3) is 0 Å². The monoisotopic (exact) mass is 250 g/mol. The first-order valence-electron chi connectivity index (χ1n) is 5.83. The van der Waals surface area contributed by atoms with Crippen LogP contribution in [-0.2, 0) is 9.47 Å². The van der Waals surface area contributed by atoms with Gasteiger partial charge in [-0.3, -0.25) is 0 Å². The molecule has 2 atom stereocenters. The van der Waals surface area contributed by atoms with Gasteiger partial charge in [0.25, 0.3) is 0 Å². The van der Waals surface area contributed by atoms with Gasteiger partial charge in [-0.05, 0) is 12.1 Å². The van der Waals surface area contributed by atoms with Crippen molar-refractivity contribution in [3.8, 4) is 11.5 Å². The highest BCUT2D eigenvalue weighted by Crippen LogP contribution is 2.42. The Morgan fingerprint density at radius 1 is 1.22 bits per heavy atom. The molecule has 1 aromatic carbocycles. The fraction of sp³-hybridized carbons (Fsp3) is 0.462. The molecule has 0 N–H and O–H groups in total. The Labute approximate surface area is 105 Å². The number of methoxy groups -OCH3 is 2. The molecule has 3 rings (SSSR count). The van der Waals surface area contributed by atoms with E-state index in [1.54, 1.807) is 19.2 Å². The van der Waals surface area contributed by atoms with Gasteiger partial charge >= 0.3 is 5.97 Å². The average Bonchev–Trinajstić information content (AvgIpc) is 2.85. The summed E-state index contributed by atoms with van der Waals surface area (Å²) in [4.78, 5) is 11.9. The topological polar surface area (TPSA) is 54.0 Å². The van der Waals surface area contributed by atoms with E-state index in [2.05, 4.69) is 0 Å². The number of fused-ring (bicyclic) bond motifs is 3. The largest absolute Gasteiger partial charge is 0.493 e. The summed E-state index contributed by atoms with van der Waals surface area (Å²) in [5.41, 5.74) is 1.32. The fourth-order valence-corrected chi connectivity index (χ4v) is 2.49. The second-order valence-corrected chi connectivity index (χ2v) is 4.32. The summed E-state index contributed by atoms with van der Waals surface area (Å²) in [5, 5.41) is 0. The molecule has 0 amide bonds. The van der Waals surface area contributed by atoms with Crippen LogP contribution in [0.1, 0.15) is 28.4 Å². The molecule has 0 unspecified atom stereocenters. The molecule has 5 heteroatoms. The van der Waals surface area contributed by atoms with Gasteiger partial charge < -0.3 is 18.9 Å². The molecule has 0 bridgehead atoms. The summed E-state index contributed by atoms with van der Waals surface area (Å²) in [6.45, 7) is 0.608. The van der Waals surface area contributed by atoms with E-state index in [1.165, 1.54) is 7.11 Å². The van der Waals surface area contributed by atoms with Gasteiger partial charge in [0.05, 0.1) is 26.4 Å². The molecular weight excluding hydrogens is 236 g/mol. The van der Waals surface area contributed by atoms with Crippen molar-refractivity contribution in [2.75, 3.05) is 20.8 Å². The highest BCUT2D eigenvalue weighted by atomic mass is 16.6. The minimum absolute atomic E-state index is 0.178. The number of carbonyl (C=O) groups excluding carboxylic acids is 1. The van der Waals surface area contributed by atoms with E-state index in [4.69, 9.17) is 18.9 Å². The normalized spacial score (nSPS) is 25.1. The number of ether oxygens (including phenoxy) is 4. The number of rotatable bonds is 2. The summed E-state index contributed by atoms with van der Waals surface area (Å²) < 4.78 is 21.4. The van der Waals surface area contributed by atoms with E-state index in [0.29, 0.717) is 23.7 Å². The lowest BCUT2D eigenvalue weighted by Gasteiger charge is -2.27. The first-order chi connectivity index (χ1) is 8.74. The zero-order valence-electron chi connectivity index (χ0n) is 10.3. The number of benzene rings is 1. The van der Waals surface area contributed by atoms with Crippen molar-refractivity contribution < 1.29 is 23.7 Å². The van der Waals surface area contributed by atoms with Crippen molar-refractivity contribution >= 4 is 5.97 Å². The van der Waals surface area contributed by atoms with Crippen LogP contribution in [0.4, 0.5) is 0 Å². The molecular formula is C13H14O5. The Morgan fingerprint density at radius 3 is 2.67 bits per heavy atom. The van der Waals surface area contributed by atoms with Gasteiger partial charge in [0.1, 0.15) is 12.2 Å². The van der Waals surface area contributed by atoms with Crippen LogP contribution in [0.5, 0.6) is 11.5 Å². The van der Waals surface area contributed by atoms with Crippen LogP contribution in [0, 0.1) is 0 Å². The first-order valence-corrected chi connectivity index (χ1v) is 5.83. The molecule has 0 aliphatic carbocycles. The minimum atomic E-state index is -0.322. The van der Waals surface area contributed by atoms with Crippen LogP contribution in [0.15, 0.2) is 12.1 Å². The van der Waals surface area contributed by atoms with E-state index in [1.807, 2.05) is 0 Å². The molecule has 1 aromatic rings. The summed E-state index contributed by atoms with van der Waals surface area (Å²) in [6, 6.07) is 3.45. The van der Waals surface area contributed by atoms with Gasteiger partial charge in [0.15, 0.2) is 11.5 Å². The zero-order valence-corrected chi connectivity index (χ0v) is 10.3. The number of esters is 1. The molecule has 0 radical (unpaired) electrons. The number of hydrogen-bond donors (Lipinski definition) is 0. The number of carbonyl (C=O) groups is 1. The van der Waals surface area contributed by atoms with Gasteiger partial charge in [-0.1, -0.05) is 0 Å². The molecule has 1 fully saturated rings. The molecule has 2 aliphatic heterocycles. The van der Waals surface area contributed by atoms with Crippen molar-refractivity contribution in [1.29, 1.82) is 0 Å². The predicted octanol–water partition coefficient (Wildman–Crippen LogP) is 1.70. The van der Waals surface area contributed by atoms with Crippen LogP contribution in [0.2, 0.25) is 0 Å². The maximum Gasteiger partial charge on any atom is 0.339 e. The summed E-state index contributed by atoms with van der Waals surface area (Å²) >= 11 is 0. The molecule has 0 saturated carbocycles. The smallest absolute Gasteiger partial charge is 0.339 e. The second kappa shape index (κ2) is 4.17. The van der Waals surface area contributed by atoms with Crippen molar-refractivity contribution in [3.05, 3.63) is 23.3 Å². The molecule has 0 spiro atoms. The van der Waals surface area contributed by atoms with Crippen molar-refractivity contribution in [3.63, 3.8) is 0 Å². The fourth-order valence-electron chi connectivity index (χ4n) is 2.49. The summed E-state index contributed by atoms with van der Waals surface area (Å²) in [6.07, 6.45) is 0.380. The van der Waals surface area contributed by atoms with Crippen LogP contribution in [-0.4, -0.2) is 32.9 Å². The Morgan fingerprint density at radius 2 is 1.94 bits per heavy atom. The Hall–Kier alpha value is -1.75. The molecule has 2 heterocycles. The van der Waals surface area contributed by atoms with Gasteiger partial charge in [0.2, 0.25) is 0 Å². The van der Waals surface area contributed by atoms with Crippen molar-refractivity contribution in [2.24, 2.45) is 0 Å². The Bertz CT molecular complexity index is 496. The third kappa shape index (κ3) is 1.54. The van der Waals surface area contributed by atoms with Crippen molar-refractivity contribution in [1.82, 2.24) is 0 Å².